The summed E-state index contributed by atoms with van der Waals surface area (Å²) in [4.78, 5) is 23.2. The highest BCUT2D eigenvalue weighted by Crippen LogP contribution is 2.32. The smallest absolute Gasteiger partial charge is 0.272 e. The van der Waals surface area contributed by atoms with Gasteiger partial charge in [0.05, 0.1) is 20.3 Å². The maximum Gasteiger partial charge on any atom is 0.272 e. The van der Waals surface area contributed by atoms with Crippen LogP contribution in [0.3, 0.4) is 0 Å². The van der Waals surface area contributed by atoms with Gasteiger partial charge >= 0.3 is 0 Å². The molecule has 1 aromatic carbocycles. The van der Waals surface area contributed by atoms with Gasteiger partial charge in [0.15, 0.2) is 11.5 Å². The minimum atomic E-state index is -0.372. The molecule has 1 heterocycles. The summed E-state index contributed by atoms with van der Waals surface area (Å²) in [5.41, 5.74) is 1.66. The van der Waals surface area contributed by atoms with Crippen LogP contribution >= 0.6 is 0 Å². The number of aromatic nitrogens is 2. The number of hydrogen-bond donors (Lipinski definition) is 2. The van der Waals surface area contributed by atoms with Gasteiger partial charge in [-0.25, -0.2) is 5.10 Å². The first-order chi connectivity index (χ1) is 11.0. The molecule has 122 valence electrons. The van der Waals surface area contributed by atoms with Gasteiger partial charge in [-0.15, -0.1) is 0 Å². The Labute approximate surface area is 133 Å². The average Bonchev–Trinajstić information content (AvgIpc) is 2.54. The van der Waals surface area contributed by atoms with E-state index in [1.54, 1.807) is 14.2 Å². The molecular weight excluding hydrogens is 298 g/mol. The van der Waals surface area contributed by atoms with Crippen molar-refractivity contribution in [1.82, 2.24) is 15.5 Å². The number of aryl methyl sites for hydroxylation is 1. The molecule has 0 spiro atoms. The lowest BCUT2D eigenvalue weighted by atomic mass is 10.0. The van der Waals surface area contributed by atoms with Gasteiger partial charge < -0.3 is 14.8 Å². The number of amides is 1. The largest absolute Gasteiger partial charge is 0.493 e. The molecule has 0 aliphatic heterocycles. The third kappa shape index (κ3) is 3.68. The third-order valence-corrected chi connectivity index (χ3v) is 3.50. The second-order valence-corrected chi connectivity index (χ2v) is 5.07. The molecule has 2 aromatic rings. The zero-order chi connectivity index (χ0) is 17.0. The number of H-pyrrole nitrogens is 1. The summed E-state index contributed by atoms with van der Waals surface area (Å²) >= 11 is 0. The van der Waals surface area contributed by atoms with E-state index in [0.29, 0.717) is 11.5 Å². The van der Waals surface area contributed by atoms with Crippen LogP contribution in [0.15, 0.2) is 29.1 Å². The highest BCUT2D eigenvalue weighted by molar-refractivity contribution is 5.92. The lowest BCUT2D eigenvalue weighted by molar-refractivity contribution is 0.0933. The Bertz CT molecular complexity index is 750. The van der Waals surface area contributed by atoms with E-state index in [2.05, 4.69) is 15.5 Å². The van der Waals surface area contributed by atoms with Crippen molar-refractivity contribution in [2.45, 2.75) is 19.9 Å². The van der Waals surface area contributed by atoms with Gasteiger partial charge in [-0.3, -0.25) is 9.59 Å². The zero-order valence-corrected chi connectivity index (χ0v) is 13.5. The second-order valence-electron chi connectivity index (χ2n) is 5.07. The van der Waals surface area contributed by atoms with Crippen LogP contribution in [0.4, 0.5) is 0 Å². The van der Waals surface area contributed by atoms with Crippen molar-refractivity contribution in [3.05, 3.63) is 51.4 Å². The Morgan fingerprint density at radius 1 is 1.22 bits per heavy atom. The van der Waals surface area contributed by atoms with Crippen LogP contribution in [-0.4, -0.2) is 30.3 Å². The first-order valence-electron chi connectivity index (χ1n) is 7.05. The molecule has 0 saturated heterocycles. The predicted molar refractivity (Wildman–Crippen MR) is 85.0 cm³/mol. The Morgan fingerprint density at radius 2 is 1.87 bits per heavy atom. The Morgan fingerprint density at radius 3 is 2.43 bits per heavy atom. The normalized spacial score (nSPS) is 11.7. The molecule has 1 amide bonds. The van der Waals surface area contributed by atoms with Crippen LogP contribution in [0.5, 0.6) is 11.5 Å². The highest BCUT2D eigenvalue weighted by atomic mass is 16.5. The minimum Gasteiger partial charge on any atom is -0.493 e. The molecule has 23 heavy (non-hydrogen) atoms. The van der Waals surface area contributed by atoms with E-state index in [9.17, 15) is 9.59 Å². The van der Waals surface area contributed by atoms with E-state index in [-0.39, 0.29) is 23.2 Å². The Hall–Kier alpha value is -2.83. The molecule has 7 nitrogen and oxygen atoms in total. The zero-order valence-electron chi connectivity index (χ0n) is 13.5. The van der Waals surface area contributed by atoms with Crippen LogP contribution in [0.25, 0.3) is 0 Å². The van der Waals surface area contributed by atoms with Crippen LogP contribution in [0, 0.1) is 6.92 Å². The summed E-state index contributed by atoms with van der Waals surface area (Å²) in [7, 11) is 3.13. The molecule has 0 saturated carbocycles. The maximum atomic E-state index is 12.2. The number of rotatable bonds is 5. The SMILES string of the molecule is COc1cc(C)c([C@@H](C)NC(=O)c2ccc(=O)[nH]n2)cc1OC. The maximum absolute atomic E-state index is 12.2. The van der Waals surface area contributed by atoms with Crippen molar-refractivity contribution in [2.75, 3.05) is 14.2 Å². The molecule has 0 fully saturated rings. The summed E-state index contributed by atoms with van der Waals surface area (Å²) in [5.74, 6) is 0.855. The first-order valence-corrected chi connectivity index (χ1v) is 7.05. The number of carbonyl (C=O) groups excluding carboxylic acids is 1. The average molecular weight is 317 g/mol. The van der Waals surface area contributed by atoms with E-state index in [0.717, 1.165) is 11.1 Å². The topological polar surface area (TPSA) is 93.3 Å². The molecule has 2 rings (SSSR count). The van der Waals surface area contributed by atoms with Crippen molar-refractivity contribution in [3.63, 3.8) is 0 Å². The van der Waals surface area contributed by atoms with Gasteiger partial charge in [0.25, 0.3) is 11.5 Å². The first kappa shape index (κ1) is 16.5. The summed E-state index contributed by atoms with van der Waals surface area (Å²) in [6, 6.07) is 6.06. The minimum absolute atomic E-state index is 0.148. The lowest BCUT2D eigenvalue weighted by Gasteiger charge is -2.19. The molecule has 0 unspecified atom stereocenters. The predicted octanol–water partition coefficient (Wildman–Crippen LogP) is 1.59. The molecule has 0 bridgehead atoms. The number of nitrogens with zero attached hydrogens (tertiary/aromatic N) is 1. The van der Waals surface area contributed by atoms with Crippen LogP contribution in [0.2, 0.25) is 0 Å². The van der Waals surface area contributed by atoms with Crippen LogP contribution < -0.4 is 20.3 Å². The third-order valence-electron chi connectivity index (χ3n) is 3.50. The fourth-order valence-electron chi connectivity index (χ4n) is 2.28. The molecule has 0 radical (unpaired) electrons. The quantitative estimate of drug-likeness (QED) is 0.873. The molecule has 1 atom stereocenters. The lowest BCUT2D eigenvalue weighted by Crippen LogP contribution is -2.28. The monoisotopic (exact) mass is 317 g/mol. The summed E-state index contributed by atoms with van der Waals surface area (Å²) < 4.78 is 10.6. The number of aromatic amines is 1. The summed E-state index contributed by atoms with van der Waals surface area (Å²) in [5, 5.41) is 8.79. The van der Waals surface area contributed by atoms with Gasteiger partial charge in [-0.05, 0) is 43.2 Å². The van der Waals surface area contributed by atoms with Gasteiger partial charge in [0.2, 0.25) is 0 Å². The van der Waals surface area contributed by atoms with Crippen molar-refractivity contribution in [2.24, 2.45) is 0 Å². The highest BCUT2D eigenvalue weighted by Gasteiger charge is 2.17. The molecular formula is C16H19N3O4. The van der Waals surface area contributed by atoms with Gasteiger partial charge in [0, 0.05) is 6.07 Å². The van der Waals surface area contributed by atoms with E-state index >= 15 is 0 Å². The van der Waals surface area contributed by atoms with E-state index in [1.165, 1.54) is 12.1 Å². The van der Waals surface area contributed by atoms with Crippen LogP contribution in [-0.2, 0) is 0 Å². The molecule has 1 aromatic heterocycles. The van der Waals surface area contributed by atoms with Crippen molar-refractivity contribution in [3.8, 4) is 11.5 Å². The van der Waals surface area contributed by atoms with E-state index in [1.807, 2.05) is 26.0 Å². The fourth-order valence-corrected chi connectivity index (χ4v) is 2.28. The number of nitrogens with one attached hydrogen (secondary N) is 2. The second kappa shape index (κ2) is 6.95. The molecule has 0 aliphatic carbocycles. The molecule has 7 heteroatoms. The Kier molecular flexibility index (Phi) is 5.00. The van der Waals surface area contributed by atoms with Crippen molar-refractivity contribution in [1.29, 1.82) is 0 Å². The van der Waals surface area contributed by atoms with Crippen molar-refractivity contribution >= 4 is 5.91 Å². The van der Waals surface area contributed by atoms with E-state index in [4.69, 9.17) is 9.47 Å². The van der Waals surface area contributed by atoms with Gasteiger partial charge in [0.1, 0.15) is 5.69 Å². The van der Waals surface area contributed by atoms with Gasteiger partial charge in [-0.1, -0.05) is 0 Å². The Balaban J connectivity index is 2.23. The number of hydrogen-bond acceptors (Lipinski definition) is 5. The summed E-state index contributed by atoms with van der Waals surface area (Å²) in [6.45, 7) is 3.79. The molecule has 0 aliphatic rings. The van der Waals surface area contributed by atoms with E-state index < -0.39 is 0 Å². The van der Waals surface area contributed by atoms with Crippen LogP contribution in [0.1, 0.15) is 34.6 Å². The van der Waals surface area contributed by atoms with Gasteiger partial charge in [-0.2, -0.15) is 5.10 Å². The fraction of sp³-hybridized carbons (Fsp3) is 0.312. The standard InChI is InChI=1S/C16H19N3O4/c1-9-7-13(22-3)14(23-4)8-11(9)10(2)17-16(21)12-5-6-15(20)19-18-12/h5-8,10H,1-4H3,(H,17,21)(H,19,20)/t10-/m1/s1. The number of methoxy groups -OCH3 is 2. The van der Waals surface area contributed by atoms with Crippen molar-refractivity contribution < 1.29 is 14.3 Å². The number of ether oxygens (including phenoxy) is 2. The number of carbonyl (C=O) groups is 1. The molecule has 2 N–H and O–H groups in total. The number of benzene rings is 1. The summed E-state index contributed by atoms with van der Waals surface area (Å²) in [6.07, 6.45) is 0.